The number of hydrogen-bond acceptors (Lipinski definition) is 3. The van der Waals surface area contributed by atoms with Gasteiger partial charge in [0.25, 0.3) is 5.91 Å². The van der Waals surface area contributed by atoms with Crippen LogP contribution in [0.1, 0.15) is 19.8 Å². The number of hydrogen-bond donors (Lipinski definition) is 2. The van der Waals surface area contributed by atoms with Gasteiger partial charge in [-0.1, -0.05) is 6.92 Å². The van der Waals surface area contributed by atoms with E-state index in [0.29, 0.717) is 5.92 Å². The number of Topliss-reactive ketones (excluding diaryl/α,β-unsaturated/α-hetero) is 1. The number of carbonyl (C=O) groups excluding carboxylic acids is 2. The highest BCUT2D eigenvalue weighted by molar-refractivity contribution is 6.61. The third kappa shape index (κ3) is 2.05. The van der Waals surface area contributed by atoms with Gasteiger partial charge >= 0.3 is 11.8 Å². The maximum atomic E-state index is 10.9. The molecule has 2 atom stereocenters. The average Bonchev–Trinajstić information content (AvgIpc) is 2.09. The van der Waals surface area contributed by atoms with Crippen molar-refractivity contribution in [3.05, 3.63) is 0 Å². The highest BCUT2D eigenvalue weighted by atomic mass is 16.4. The van der Waals surface area contributed by atoms with E-state index in [9.17, 15) is 14.4 Å². The third-order valence-corrected chi connectivity index (χ3v) is 2.34. The van der Waals surface area contributed by atoms with Gasteiger partial charge < -0.3 is 10.4 Å². The van der Waals surface area contributed by atoms with E-state index in [2.05, 4.69) is 5.32 Å². The molecule has 5 heteroatoms. The van der Waals surface area contributed by atoms with E-state index in [-0.39, 0.29) is 6.04 Å². The fourth-order valence-electron chi connectivity index (χ4n) is 1.21. The molecule has 0 bridgehead atoms. The van der Waals surface area contributed by atoms with Crippen LogP contribution in [0.2, 0.25) is 0 Å². The van der Waals surface area contributed by atoms with Gasteiger partial charge in [-0.05, 0) is 18.8 Å². The standard InChI is InChI=1S/C8H11NO4/c1-4-2-3-5(4)9-7(11)6(10)8(12)13/h4-5H,2-3H2,1H3,(H,9,11)(H,12,13). The molecule has 0 aromatic rings. The fourth-order valence-corrected chi connectivity index (χ4v) is 1.21. The first-order valence-electron chi connectivity index (χ1n) is 4.10. The molecule has 2 N–H and O–H groups in total. The van der Waals surface area contributed by atoms with Gasteiger partial charge in [-0.15, -0.1) is 0 Å². The summed E-state index contributed by atoms with van der Waals surface area (Å²) in [4.78, 5) is 31.6. The lowest BCUT2D eigenvalue weighted by Crippen LogP contribution is -2.49. The topological polar surface area (TPSA) is 83.5 Å². The van der Waals surface area contributed by atoms with Crippen LogP contribution in [0.5, 0.6) is 0 Å². The number of carboxylic acids is 1. The zero-order valence-electron chi connectivity index (χ0n) is 7.24. The Hall–Kier alpha value is -1.39. The second-order valence-electron chi connectivity index (χ2n) is 3.27. The summed E-state index contributed by atoms with van der Waals surface area (Å²) in [5.74, 6) is -3.77. The molecule has 0 saturated heterocycles. The summed E-state index contributed by atoms with van der Waals surface area (Å²) in [6, 6.07) is -0.0317. The van der Waals surface area contributed by atoms with Crippen molar-refractivity contribution in [2.24, 2.45) is 5.92 Å². The monoisotopic (exact) mass is 185 g/mol. The summed E-state index contributed by atoms with van der Waals surface area (Å²) in [6.45, 7) is 1.94. The maximum absolute atomic E-state index is 10.9. The summed E-state index contributed by atoms with van der Waals surface area (Å²) >= 11 is 0. The number of carboxylic acid groups (broad SMARTS) is 1. The molecule has 2 unspecified atom stereocenters. The second kappa shape index (κ2) is 3.55. The minimum atomic E-state index is -1.70. The van der Waals surface area contributed by atoms with Gasteiger partial charge in [-0.25, -0.2) is 4.79 Å². The quantitative estimate of drug-likeness (QED) is 0.461. The molecule has 0 aromatic carbocycles. The largest absolute Gasteiger partial charge is 0.475 e. The summed E-state index contributed by atoms with van der Waals surface area (Å²) in [6.07, 6.45) is 1.83. The molecule has 1 fully saturated rings. The minimum Gasteiger partial charge on any atom is -0.475 e. The Bertz CT molecular complexity index is 261. The average molecular weight is 185 g/mol. The van der Waals surface area contributed by atoms with E-state index < -0.39 is 17.7 Å². The van der Waals surface area contributed by atoms with Crippen molar-refractivity contribution in [1.82, 2.24) is 5.32 Å². The first-order valence-corrected chi connectivity index (χ1v) is 4.10. The van der Waals surface area contributed by atoms with E-state index in [0.717, 1.165) is 12.8 Å². The van der Waals surface area contributed by atoms with Crippen molar-refractivity contribution in [2.75, 3.05) is 0 Å². The Morgan fingerprint density at radius 3 is 2.23 bits per heavy atom. The van der Waals surface area contributed by atoms with Crippen LogP contribution < -0.4 is 5.32 Å². The first-order chi connectivity index (χ1) is 6.02. The zero-order chi connectivity index (χ0) is 10.0. The fraction of sp³-hybridized carbons (Fsp3) is 0.625. The van der Waals surface area contributed by atoms with Crippen molar-refractivity contribution in [2.45, 2.75) is 25.8 Å². The van der Waals surface area contributed by atoms with Gasteiger partial charge in [-0.3, -0.25) is 9.59 Å². The first kappa shape index (κ1) is 9.70. The van der Waals surface area contributed by atoms with E-state index in [1.807, 2.05) is 6.92 Å². The van der Waals surface area contributed by atoms with Crippen LogP contribution in [0.3, 0.4) is 0 Å². The summed E-state index contributed by atoms with van der Waals surface area (Å²) in [5, 5.41) is 10.6. The SMILES string of the molecule is CC1CCC1NC(=O)C(=O)C(=O)O. The Balaban J connectivity index is 2.41. The molecule has 0 radical (unpaired) electrons. The molecule has 1 saturated carbocycles. The lowest BCUT2D eigenvalue weighted by atomic mass is 9.81. The van der Waals surface area contributed by atoms with Gasteiger partial charge in [0.1, 0.15) is 0 Å². The Morgan fingerprint density at radius 1 is 1.31 bits per heavy atom. The molecule has 1 amide bonds. The van der Waals surface area contributed by atoms with Gasteiger partial charge in [0.2, 0.25) is 0 Å². The van der Waals surface area contributed by atoms with Crippen molar-refractivity contribution in [3.8, 4) is 0 Å². The van der Waals surface area contributed by atoms with Crippen LogP contribution in [0.4, 0.5) is 0 Å². The molecule has 0 aromatic heterocycles. The number of carbonyl (C=O) groups is 3. The Labute approximate surface area is 75.1 Å². The molecular formula is C8H11NO4. The highest BCUT2D eigenvalue weighted by Gasteiger charge is 2.31. The summed E-state index contributed by atoms with van der Waals surface area (Å²) < 4.78 is 0. The van der Waals surface area contributed by atoms with Crippen LogP contribution in [-0.2, 0) is 14.4 Å². The molecule has 5 nitrogen and oxygen atoms in total. The van der Waals surface area contributed by atoms with Crippen molar-refractivity contribution >= 4 is 17.7 Å². The molecule has 72 valence electrons. The number of amides is 1. The van der Waals surface area contributed by atoms with Gasteiger partial charge in [0.05, 0.1) is 0 Å². The zero-order valence-corrected chi connectivity index (χ0v) is 7.24. The molecular weight excluding hydrogens is 174 g/mol. The van der Waals surface area contributed by atoms with Crippen LogP contribution in [0, 0.1) is 5.92 Å². The molecule has 1 aliphatic rings. The number of aliphatic carboxylic acids is 1. The van der Waals surface area contributed by atoms with Crippen LogP contribution >= 0.6 is 0 Å². The second-order valence-corrected chi connectivity index (χ2v) is 3.27. The van der Waals surface area contributed by atoms with E-state index in [1.165, 1.54) is 0 Å². The predicted octanol–water partition coefficient (Wildman–Crippen LogP) is -0.445. The predicted molar refractivity (Wildman–Crippen MR) is 43.0 cm³/mol. The Morgan fingerprint density at radius 2 is 1.92 bits per heavy atom. The van der Waals surface area contributed by atoms with E-state index in [1.54, 1.807) is 0 Å². The molecule has 13 heavy (non-hydrogen) atoms. The molecule has 1 aliphatic carbocycles. The van der Waals surface area contributed by atoms with Crippen LogP contribution in [-0.4, -0.2) is 28.8 Å². The summed E-state index contributed by atoms with van der Waals surface area (Å²) in [7, 11) is 0. The number of rotatable bonds is 3. The van der Waals surface area contributed by atoms with Gasteiger partial charge in [0, 0.05) is 6.04 Å². The molecule has 0 aliphatic heterocycles. The van der Waals surface area contributed by atoms with Crippen LogP contribution in [0.25, 0.3) is 0 Å². The van der Waals surface area contributed by atoms with Crippen molar-refractivity contribution < 1.29 is 19.5 Å². The minimum absolute atomic E-state index is 0.0317. The Kier molecular flexibility index (Phi) is 2.65. The molecule has 1 rings (SSSR count). The normalized spacial score (nSPS) is 25.9. The molecule has 0 heterocycles. The maximum Gasteiger partial charge on any atom is 0.382 e. The number of ketones is 1. The van der Waals surface area contributed by atoms with E-state index in [4.69, 9.17) is 5.11 Å². The number of nitrogens with one attached hydrogen (secondary N) is 1. The third-order valence-electron chi connectivity index (χ3n) is 2.34. The summed E-state index contributed by atoms with van der Waals surface area (Å²) in [5.41, 5.74) is 0. The van der Waals surface area contributed by atoms with Gasteiger partial charge in [0.15, 0.2) is 0 Å². The van der Waals surface area contributed by atoms with Crippen LogP contribution in [0.15, 0.2) is 0 Å². The lowest BCUT2D eigenvalue weighted by Gasteiger charge is -2.33. The van der Waals surface area contributed by atoms with Crippen molar-refractivity contribution in [3.63, 3.8) is 0 Å². The van der Waals surface area contributed by atoms with Gasteiger partial charge in [-0.2, -0.15) is 0 Å². The highest BCUT2D eigenvalue weighted by Crippen LogP contribution is 2.26. The lowest BCUT2D eigenvalue weighted by molar-refractivity contribution is -0.153. The van der Waals surface area contributed by atoms with E-state index >= 15 is 0 Å². The van der Waals surface area contributed by atoms with Crippen molar-refractivity contribution in [1.29, 1.82) is 0 Å². The smallest absolute Gasteiger partial charge is 0.382 e. The molecule has 0 spiro atoms.